The molecule has 0 spiro atoms. The summed E-state index contributed by atoms with van der Waals surface area (Å²) in [6, 6.07) is 17.6. The van der Waals surface area contributed by atoms with Gasteiger partial charge in [-0.05, 0) is 59.3 Å². The standard InChI is InChI=1S/C24H18BrN3O4/c1-14-26-19-5-3-2-4-17(19)24(30)28(14)16-8-6-15(7-9-16)23(29)27-20-13-22-21(12-18(20)25)31-10-11-32-22/h2-9,12-13H,10-11H2,1H3,(H,27,29). The van der Waals surface area contributed by atoms with Crippen LogP contribution >= 0.6 is 15.9 Å². The summed E-state index contributed by atoms with van der Waals surface area (Å²) in [6.07, 6.45) is 0. The van der Waals surface area contributed by atoms with E-state index in [0.29, 0.717) is 62.9 Å². The van der Waals surface area contributed by atoms with Gasteiger partial charge in [0.05, 0.1) is 22.3 Å². The van der Waals surface area contributed by atoms with Gasteiger partial charge in [0.25, 0.3) is 11.5 Å². The second-order valence-electron chi connectivity index (χ2n) is 7.29. The molecule has 1 aromatic heterocycles. The number of halogens is 1. The van der Waals surface area contributed by atoms with E-state index in [2.05, 4.69) is 26.2 Å². The fraction of sp³-hybridized carbons (Fsp3) is 0.125. The minimum absolute atomic E-state index is 0.148. The summed E-state index contributed by atoms with van der Waals surface area (Å²) in [6.45, 7) is 2.74. The number of aromatic nitrogens is 2. The largest absolute Gasteiger partial charge is 0.486 e. The summed E-state index contributed by atoms with van der Waals surface area (Å²) in [5, 5.41) is 3.43. The smallest absolute Gasteiger partial charge is 0.265 e. The SMILES string of the molecule is Cc1nc2ccccc2c(=O)n1-c1ccc(C(=O)Nc2cc3c(cc2Br)OCCO3)cc1. The Hall–Kier alpha value is -3.65. The number of rotatable bonds is 3. The van der Waals surface area contributed by atoms with Gasteiger partial charge in [-0.15, -0.1) is 0 Å². The van der Waals surface area contributed by atoms with Gasteiger partial charge < -0.3 is 14.8 Å². The van der Waals surface area contributed by atoms with Gasteiger partial charge in [0.15, 0.2) is 11.5 Å². The number of nitrogens with zero attached hydrogens (tertiary/aromatic N) is 2. The molecule has 0 unspecified atom stereocenters. The third-order valence-corrected chi connectivity index (χ3v) is 5.87. The third-order valence-electron chi connectivity index (χ3n) is 5.21. The molecule has 1 amide bonds. The Bertz CT molecular complexity index is 1410. The van der Waals surface area contributed by atoms with Crippen molar-refractivity contribution in [3.8, 4) is 17.2 Å². The highest BCUT2D eigenvalue weighted by atomic mass is 79.9. The number of aryl methyl sites for hydroxylation is 1. The quantitative estimate of drug-likeness (QED) is 0.456. The van der Waals surface area contributed by atoms with E-state index in [0.717, 1.165) is 0 Å². The molecule has 4 aromatic rings. The molecule has 160 valence electrons. The van der Waals surface area contributed by atoms with Gasteiger partial charge >= 0.3 is 0 Å². The van der Waals surface area contributed by atoms with Crippen molar-refractivity contribution < 1.29 is 14.3 Å². The lowest BCUT2D eigenvalue weighted by Crippen LogP contribution is -2.22. The highest BCUT2D eigenvalue weighted by Crippen LogP contribution is 2.38. The Morgan fingerprint density at radius 2 is 1.72 bits per heavy atom. The van der Waals surface area contributed by atoms with Crippen LogP contribution in [0.15, 0.2) is 69.9 Å². The second kappa shape index (κ2) is 8.12. The first-order valence-corrected chi connectivity index (χ1v) is 10.8. The highest BCUT2D eigenvalue weighted by molar-refractivity contribution is 9.10. The van der Waals surface area contributed by atoms with Crippen molar-refractivity contribution >= 4 is 38.4 Å². The van der Waals surface area contributed by atoms with E-state index < -0.39 is 0 Å². The van der Waals surface area contributed by atoms with Crippen LogP contribution in [-0.2, 0) is 0 Å². The first kappa shape index (κ1) is 20.3. The Labute approximate surface area is 191 Å². The molecule has 0 saturated heterocycles. The minimum Gasteiger partial charge on any atom is -0.486 e. The maximum atomic E-state index is 13.0. The molecule has 2 heterocycles. The van der Waals surface area contributed by atoms with Crippen molar-refractivity contribution in [1.82, 2.24) is 9.55 Å². The van der Waals surface area contributed by atoms with Crippen LogP contribution in [0.1, 0.15) is 16.2 Å². The van der Waals surface area contributed by atoms with E-state index in [9.17, 15) is 9.59 Å². The molecule has 0 radical (unpaired) electrons. The first-order chi connectivity index (χ1) is 15.5. The molecule has 1 N–H and O–H groups in total. The minimum atomic E-state index is -0.283. The molecule has 5 rings (SSSR count). The molecule has 32 heavy (non-hydrogen) atoms. The van der Waals surface area contributed by atoms with Crippen molar-refractivity contribution in [1.29, 1.82) is 0 Å². The third kappa shape index (κ3) is 3.62. The second-order valence-corrected chi connectivity index (χ2v) is 8.15. The van der Waals surface area contributed by atoms with E-state index >= 15 is 0 Å². The van der Waals surface area contributed by atoms with Crippen LogP contribution in [0.4, 0.5) is 5.69 Å². The predicted molar refractivity (Wildman–Crippen MR) is 125 cm³/mol. The summed E-state index contributed by atoms with van der Waals surface area (Å²) in [5.74, 6) is 1.51. The highest BCUT2D eigenvalue weighted by Gasteiger charge is 2.17. The molecule has 0 atom stereocenters. The van der Waals surface area contributed by atoms with Gasteiger partial charge in [-0.1, -0.05) is 12.1 Å². The molecule has 0 fully saturated rings. The van der Waals surface area contributed by atoms with Gasteiger partial charge in [-0.25, -0.2) is 4.98 Å². The zero-order valence-electron chi connectivity index (χ0n) is 17.1. The van der Waals surface area contributed by atoms with Crippen LogP contribution in [-0.4, -0.2) is 28.7 Å². The Kier molecular flexibility index (Phi) is 5.14. The molecule has 7 nitrogen and oxygen atoms in total. The van der Waals surface area contributed by atoms with Gasteiger partial charge in [0.2, 0.25) is 0 Å². The monoisotopic (exact) mass is 491 g/mol. The van der Waals surface area contributed by atoms with Crippen LogP contribution in [0.3, 0.4) is 0 Å². The van der Waals surface area contributed by atoms with Gasteiger partial charge in [0.1, 0.15) is 19.0 Å². The lowest BCUT2D eigenvalue weighted by atomic mass is 10.1. The van der Waals surface area contributed by atoms with Crippen molar-refractivity contribution in [2.45, 2.75) is 6.92 Å². The number of amides is 1. The van der Waals surface area contributed by atoms with Crippen molar-refractivity contribution in [2.75, 3.05) is 18.5 Å². The summed E-state index contributed by atoms with van der Waals surface area (Å²) in [4.78, 5) is 30.3. The summed E-state index contributed by atoms with van der Waals surface area (Å²) < 4.78 is 13.4. The average Bonchev–Trinajstić information content (AvgIpc) is 2.80. The fourth-order valence-corrected chi connectivity index (χ4v) is 4.09. The zero-order chi connectivity index (χ0) is 22.2. The summed E-state index contributed by atoms with van der Waals surface area (Å²) in [5.41, 5.74) is 2.18. The lowest BCUT2D eigenvalue weighted by molar-refractivity contribution is 0.102. The number of fused-ring (bicyclic) bond motifs is 2. The number of para-hydroxylation sites is 1. The van der Waals surface area contributed by atoms with E-state index in [1.807, 2.05) is 18.2 Å². The zero-order valence-corrected chi connectivity index (χ0v) is 18.7. The normalized spacial score (nSPS) is 12.6. The van der Waals surface area contributed by atoms with Crippen LogP contribution in [0.2, 0.25) is 0 Å². The maximum Gasteiger partial charge on any atom is 0.265 e. The Balaban J connectivity index is 1.43. The number of anilines is 1. The Morgan fingerprint density at radius 1 is 1.03 bits per heavy atom. The van der Waals surface area contributed by atoms with E-state index in [-0.39, 0.29) is 11.5 Å². The molecule has 1 aliphatic rings. The first-order valence-electron chi connectivity index (χ1n) is 10.0. The topological polar surface area (TPSA) is 82.5 Å². The van der Waals surface area contributed by atoms with Crippen LogP contribution in [0.25, 0.3) is 16.6 Å². The number of carbonyl (C=O) groups excluding carboxylic acids is 1. The molecule has 8 heteroatoms. The molecule has 0 aliphatic carbocycles. The van der Waals surface area contributed by atoms with Crippen molar-refractivity contribution in [3.63, 3.8) is 0 Å². The number of hydrogen-bond acceptors (Lipinski definition) is 5. The molecular weight excluding hydrogens is 474 g/mol. The average molecular weight is 492 g/mol. The van der Waals surface area contributed by atoms with E-state index in [4.69, 9.17) is 9.47 Å². The van der Waals surface area contributed by atoms with Crippen molar-refractivity contribution in [3.05, 3.63) is 86.9 Å². The predicted octanol–water partition coefficient (Wildman–Crippen LogP) is 4.48. The Morgan fingerprint density at radius 3 is 2.47 bits per heavy atom. The molecule has 0 bridgehead atoms. The summed E-state index contributed by atoms with van der Waals surface area (Å²) >= 11 is 3.46. The number of nitrogens with one attached hydrogen (secondary N) is 1. The van der Waals surface area contributed by atoms with Crippen LogP contribution in [0, 0.1) is 6.92 Å². The number of carbonyl (C=O) groups is 1. The van der Waals surface area contributed by atoms with Crippen LogP contribution in [0.5, 0.6) is 11.5 Å². The van der Waals surface area contributed by atoms with Gasteiger partial charge in [-0.2, -0.15) is 0 Å². The number of benzene rings is 3. The number of hydrogen-bond donors (Lipinski definition) is 1. The van der Waals surface area contributed by atoms with Gasteiger partial charge in [0, 0.05) is 22.2 Å². The summed E-state index contributed by atoms with van der Waals surface area (Å²) in [7, 11) is 0. The molecule has 1 aliphatic heterocycles. The molecule has 3 aromatic carbocycles. The van der Waals surface area contributed by atoms with Crippen LogP contribution < -0.4 is 20.3 Å². The van der Waals surface area contributed by atoms with E-state index in [1.54, 1.807) is 54.0 Å². The molecular formula is C24H18BrN3O4. The fourth-order valence-electron chi connectivity index (χ4n) is 3.66. The van der Waals surface area contributed by atoms with Gasteiger partial charge in [-0.3, -0.25) is 14.2 Å². The lowest BCUT2D eigenvalue weighted by Gasteiger charge is -2.20. The van der Waals surface area contributed by atoms with E-state index in [1.165, 1.54) is 0 Å². The maximum absolute atomic E-state index is 13.0. The molecule has 0 saturated carbocycles. The van der Waals surface area contributed by atoms with Crippen molar-refractivity contribution in [2.24, 2.45) is 0 Å². The number of ether oxygens (including phenoxy) is 2.